The quantitative estimate of drug-likeness (QED) is 0.839. The predicted octanol–water partition coefficient (Wildman–Crippen LogP) is 1.92. The number of aromatic nitrogens is 1. The summed E-state index contributed by atoms with van der Waals surface area (Å²) in [5, 5.41) is 22.9. The van der Waals surface area contributed by atoms with Gasteiger partial charge in [-0.25, -0.2) is 0 Å². The molecule has 2 N–H and O–H groups in total. The van der Waals surface area contributed by atoms with Gasteiger partial charge in [-0.05, 0) is 12.5 Å². The third-order valence-corrected chi connectivity index (χ3v) is 3.03. The Morgan fingerprint density at radius 1 is 1.45 bits per heavy atom. The van der Waals surface area contributed by atoms with Gasteiger partial charge >= 0.3 is 0 Å². The third-order valence-electron chi connectivity index (χ3n) is 3.03. The van der Waals surface area contributed by atoms with Crippen LogP contribution in [0.5, 0.6) is 0 Å². The van der Waals surface area contributed by atoms with Crippen molar-refractivity contribution in [2.45, 2.75) is 12.5 Å². The Hall–Kier alpha value is -2.16. The van der Waals surface area contributed by atoms with Crippen molar-refractivity contribution in [2.75, 3.05) is 25.6 Å². The summed E-state index contributed by atoms with van der Waals surface area (Å²) in [6.45, 7) is 0.872. The average Bonchev–Trinajstić information content (AvgIpc) is 2.47. The Balaban J connectivity index is 2.17. The van der Waals surface area contributed by atoms with Crippen molar-refractivity contribution in [1.82, 2.24) is 4.98 Å². The molecule has 0 aliphatic rings. The maximum absolute atomic E-state index is 9.62. The molecule has 2 aromatic rings. The number of hydrogen-bond donors (Lipinski definition) is 2. The zero-order chi connectivity index (χ0) is 14.4. The molecular formula is C15H17N3O2. The predicted molar refractivity (Wildman–Crippen MR) is 77.4 cm³/mol. The van der Waals surface area contributed by atoms with E-state index in [1.165, 1.54) is 0 Å². The number of anilines is 1. The first-order valence-corrected chi connectivity index (χ1v) is 6.45. The first-order valence-electron chi connectivity index (χ1n) is 6.45. The number of fused-ring (bicyclic) bond motifs is 1. The molecule has 0 fully saturated rings. The van der Waals surface area contributed by atoms with Crippen molar-refractivity contribution in [1.29, 1.82) is 5.26 Å². The van der Waals surface area contributed by atoms with E-state index in [1.807, 2.05) is 24.3 Å². The van der Waals surface area contributed by atoms with E-state index in [9.17, 15) is 10.4 Å². The monoisotopic (exact) mass is 271 g/mol. The van der Waals surface area contributed by atoms with Crippen LogP contribution in [0.3, 0.4) is 0 Å². The van der Waals surface area contributed by atoms with Crippen molar-refractivity contribution in [3.63, 3.8) is 0 Å². The van der Waals surface area contributed by atoms with E-state index in [0.29, 0.717) is 25.1 Å². The number of ether oxygens (including phenoxy) is 1. The first kappa shape index (κ1) is 14.3. The molecule has 0 aliphatic carbocycles. The van der Waals surface area contributed by atoms with Crippen LogP contribution in [0.4, 0.5) is 5.69 Å². The summed E-state index contributed by atoms with van der Waals surface area (Å²) in [6.07, 6.45) is 1.61. The topological polar surface area (TPSA) is 78.2 Å². The lowest BCUT2D eigenvalue weighted by Crippen LogP contribution is -2.18. The van der Waals surface area contributed by atoms with E-state index in [1.54, 1.807) is 13.3 Å². The van der Waals surface area contributed by atoms with E-state index in [0.717, 1.165) is 16.6 Å². The van der Waals surface area contributed by atoms with Crippen molar-refractivity contribution in [3.8, 4) is 6.07 Å². The highest BCUT2D eigenvalue weighted by Gasteiger charge is 2.09. The van der Waals surface area contributed by atoms with Crippen LogP contribution in [-0.4, -0.2) is 36.5 Å². The van der Waals surface area contributed by atoms with E-state index >= 15 is 0 Å². The average molecular weight is 271 g/mol. The van der Waals surface area contributed by atoms with Gasteiger partial charge in [0.2, 0.25) is 0 Å². The molecule has 5 nitrogen and oxygen atoms in total. The number of aliphatic hydroxyl groups excluding tert-OH is 1. The number of para-hydroxylation sites is 1. The molecule has 1 heterocycles. The summed E-state index contributed by atoms with van der Waals surface area (Å²) in [5.41, 5.74) is 2.11. The fourth-order valence-corrected chi connectivity index (χ4v) is 2.06. The Labute approximate surface area is 117 Å². The van der Waals surface area contributed by atoms with Crippen molar-refractivity contribution < 1.29 is 9.84 Å². The smallest absolute Gasteiger partial charge is 0.103 e. The third kappa shape index (κ3) is 3.23. The molecular weight excluding hydrogens is 254 g/mol. The van der Waals surface area contributed by atoms with Crippen LogP contribution in [-0.2, 0) is 4.74 Å². The Bertz CT molecular complexity index is 622. The molecule has 104 valence electrons. The Morgan fingerprint density at radius 3 is 3.00 bits per heavy atom. The molecule has 1 aromatic heterocycles. The van der Waals surface area contributed by atoms with Gasteiger partial charge in [-0.1, -0.05) is 18.2 Å². The molecule has 2 rings (SSSR count). The maximum Gasteiger partial charge on any atom is 0.103 e. The minimum absolute atomic E-state index is 0.309. The lowest BCUT2D eigenvalue weighted by molar-refractivity contribution is 0.0615. The molecule has 0 saturated carbocycles. The van der Waals surface area contributed by atoms with Crippen LogP contribution in [0.15, 0.2) is 30.5 Å². The van der Waals surface area contributed by atoms with Crippen LogP contribution < -0.4 is 5.32 Å². The fourth-order valence-electron chi connectivity index (χ4n) is 2.06. The van der Waals surface area contributed by atoms with E-state index < -0.39 is 6.10 Å². The van der Waals surface area contributed by atoms with Crippen LogP contribution >= 0.6 is 0 Å². The number of nitriles is 1. The molecule has 5 heteroatoms. The second-order valence-electron chi connectivity index (χ2n) is 4.50. The zero-order valence-corrected chi connectivity index (χ0v) is 11.3. The summed E-state index contributed by atoms with van der Waals surface area (Å²) in [7, 11) is 1.56. The van der Waals surface area contributed by atoms with Gasteiger partial charge in [0.15, 0.2) is 0 Å². The van der Waals surface area contributed by atoms with Crippen molar-refractivity contribution in [2.24, 2.45) is 0 Å². The van der Waals surface area contributed by atoms with Crippen LogP contribution in [0.25, 0.3) is 10.9 Å². The highest BCUT2D eigenvalue weighted by molar-refractivity contribution is 5.93. The summed E-state index contributed by atoms with van der Waals surface area (Å²) >= 11 is 0. The van der Waals surface area contributed by atoms with Crippen molar-refractivity contribution >= 4 is 16.6 Å². The normalized spacial score (nSPS) is 12.1. The molecule has 0 radical (unpaired) electrons. The van der Waals surface area contributed by atoms with Gasteiger partial charge in [-0.3, -0.25) is 4.98 Å². The molecule has 1 aromatic carbocycles. The van der Waals surface area contributed by atoms with Crippen LogP contribution in [0, 0.1) is 11.3 Å². The molecule has 1 atom stereocenters. The molecule has 20 heavy (non-hydrogen) atoms. The summed E-state index contributed by atoms with van der Waals surface area (Å²) in [6, 6.07) is 9.79. The van der Waals surface area contributed by atoms with Gasteiger partial charge in [-0.15, -0.1) is 0 Å². The fraction of sp³-hybridized carbons (Fsp3) is 0.333. The van der Waals surface area contributed by atoms with Gasteiger partial charge in [0.05, 0.1) is 29.5 Å². The van der Waals surface area contributed by atoms with Crippen LogP contribution in [0.1, 0.15) is 12.0 Å². The van der Waals surface area contributed by atoms with Gasteiger partial charge in [0.1, 0.15) is 6.07 Å². The number of benzene rings is 1. The molecule has 0 bridgehead atoms. The zero-order valence-electron chi connectivity index (χ0n) is 11.3. The van der Waals surface area contributed by atoms with E-state index in [2.05, 4.69) is 16.4 Å². The Morgan fingerprint density at radius 2 is 2.25 bits per heavy atom. The number of hydrogen-bond acceptors (Lipinski definition) is 5. The maximum atomic E-state index is 9.62. The second-order valence-corrected chi connectivity index (χ2v) is 4.50. The van der Waals surface area contributed by atoms with E-state index in [-0.39, 0.29) is 0 Å². The lowest BCUT2D eigenvalue weighted by atomic mass is 10.1. The summed E-state index contributed by atoms with van der Waals surface area (Å²) < 4.78 is 4.88. The molecule has 0 aliphatic heterocycles. The molecule has 0 spiro atoms. The second kappa shape index (κ2) is 6.85. The highest BCUT2D eigenvalue weighted by atomic mass is 16.5. The number of pyridine rings is 1. The number of aliphatic hydroxyl groups is 1. The summed E-state index contributed by atoms with van der Waals surface area (Å²) in [4.78, 5) is 4.25. The minimum atomic E-state index is -0.508. The van der Waals surface area contributed by atoms with Gasteiger partial charge < -0.3 is 15.2 Å². The first-order chi connectivity index (χ1) is 9.76. The molecule has 0 saturated heterocycles. The van der Waals surface area contributed by atoms with Gasteiger partial charge in [-0.2, -0.15) is 5.26 Å². The highest BCUT2D eigenvalue weighted by Crippen LogP contribution is 2.25. The Kier molecular flexibility index (Phi) is 4.88. The SMILES string of the molecule is COCC(O)CCNc1c(C#N)cnc2ccccc12. The molecule has 0 amide bonds. The van der Waals surface area contributed by atoms with Crippen LogP contribution in [0.2, 0.25) is 0 Å². The van der Waals surface area contributed by atoms with E-state index in [4.69, 9.17) is 4.74 Å². The lowest BCUT2D eigenvalue weighted by Gasteiger charge is -2.13. The number of rotatable bonds is 6. The van der Waals surface area contributed by atoms with Gasteiger partial charge in [0.25, 0.3) is 0 Å². The van der Waals surface area contributed by atoms with Gasteiger partial charge in [0, 0.05) is 25.2 Å². The molecule has 1 unspecified atom stereocenters. The van der Waals surface area contributed by atoms with Crippen molar-refractivity contribution in [3.05, 3.63) is 36.0 Å². The standard InChI is InChI=1S/C15H17N3O2/c1-20-10-12(19)6-7-17-15-11(8-16)9-18-14-5-3-2-4-13(14)15/h2-5,9,12,19H,6-7,10H2,1H3,(H,17,18). The number of nitrogens with zero attached hydrogens (tertiary/aromatic N) is 2. The number of nitrogens with one attached hydrogen (secondary N) is 1. The largest absolute Gasteiger partial charge is 0.391 e. The summed E-state index contributed by atoms with van der Waals surface area (Å²) in [5.74, 6) is 0. The minimum Gasteiger partial charge on any atom is -0.391 e. The number of methoxy groups -OCH3 is 1.